The second-order valence-electron chi connectivity index (χ2n) is 5.13. The Hall–Kier alpha value is -1.72. The average Bonchev–Trinajstić information content (AvgIpc) is 2.49. The van der Waals surface area contributed by atoms with E-state index in [4.69, 9.17) is 5.73 Å². The van der Waals surface area contributed by atoms with Crippen LogP contribution in [0.15, 0.2) is 53.0 Å². The van der Waals surface area contributed by atoms with Crippen LogP contribution in [0, 0.1) is 16.0 Å². The first-order valence-electron chi connectivity index (χ1n) is 6.73. The highest BCUT2D eigenvalue weighted by molar-refractivity contribution is 9.10. The molecule has 0 radical (unpaired) electrons. The smallest absolute Gasteiger partial charge is 0.283 e. The molecule has 4 nitrogen and oxygen atoms in total. The van der Waals surface area contributed by atoms with E-state index in [0.29, 0.717) is 10.9 Å². The van der Waals surface area contributed by atoms with E-state index in [1.165, 1.54) is 6.07 Å². The Labute approximate surface area is 132 Å². The summed E-state index contributed by atoms with van der Waals surface area (Å²) in [6.45, 7) is 2.06. The molecule has 2 N–H and O–H groups in total. The van der Waals surface area contributed by atoms with Gasteiger partial charge in [-0.25, -0.2) is 0 Å². The summed E-state index contributed by atoms with van der Waals surface area (Å²) in [5.74, 6) is 0.172. The van der Waals surface area contributed by atoms with Crippen LogP contribution in [0.3, 0.4) is 0 Å². The van der Waals surface area contributed by atoms with Gasteiger partial charge in [-0.15, -0.1) is 0 Å². The van der Waals surface area contributed by atoms with E-state index in [0.717, 1.165) is 11.1 Å². The lowest BCUT2D eigenvalue weighted by molar-refractivity contribution is -0.385. The minimum absolute atomic E-state index is 0.0907. The molecular formula is C16H17BrN2O2. The largest absolute Gasteiger partial charge is 0.324 e. The van der Waals surface area contributed by atoms with E-state index < -0.39 is 0 Å². The molecule has 0 heterocycles. The van der Waals surface area contributed by atoms with Crippen LogP contribution in [0.5, 0.6) is 0 Å². The predicted molar refractivity (Wildman–Crippen MR) is 87.0 cm³/mol. The number of hydrogen-bond donors (Lipinski definition) is 1. The van der Waals surface area contributed by atoms with Gasteiger partial charge in [0.15, 0.2) is 0 Å². The van der Waals surface area contributed by atoms with Crippen molar-refractivity contribution < 1.29 is 4.92 Å². The van der Waals surface area contributed by atoms with E-state index in [9.17, 15) is 10.1 Å². The van der Waals surface area contributed by atoms with Gasteiger partial charge in [-0.1, -0.05) is 49.4 Å². The highest BCUT2D eigenvalue weighted by Gasteiger charge is 2.20. The quantitative estimate of drug-likeness (QED) is 0.649. The molecule has 2 aromatic carbocycles. The lowest BCUT2D eigenvalue weighted by Crippen LogP contribution is -2.21. The zero-order valence-corrected chi connectivity index (χ0v) is 13.3. The Morgan fingerprint density at radius 2 is 1.86 bits per heavy atom. The Bertz CT molecular complexity index is 631. The van der Waals surface area contributed by atoms with Gasteiger partial charge in [-0.2, -0.15) is 0 Å². The summed E-state index contributed by atoms with van der Waals surface area (Å²) in [4.78, 5) is 10.6. The van der Waals surface area contributed by atoms with Gasteiger partial charge in [0.25, 0.3) is 5.69 Å². The summed E-state index contributed by atoms with van der Waals surface area (Å²) >= 11 is 3.33. The SMILES string of the molecule is CC(Cc1cccc([N+](=O)[O-])c1Br)C(N)c1ccccc1. The van der Waals surface area contributed by atoms with Gasteiger partial charge in [0.1, 0.15) is 0 Å². The Balaban J connectivity index is 2.18. The van der Waals surface area contributed by atoms with E-state index in [-0.39, 0.29) is 22.6 Å². The van der Waals surface area contributed by atoms with Crippen LogP contribution in [0.2, 0.25) is 0 Å². The minimum atomic E-state index is -0.380. The van der Waals surface area contributed by atoms with Gasteiger partial charge in [0.2, 0.25) is 0 Å². The monoisotopic (exact) mass is 348 g/mol. The normalized spacial score (nSPS) is 13.7. The number of benzene rings is 2. The second kappa shape index (κ2) is 6.83. The third-order valence-electron chi connectivity index (χ3n) is 3.59. The van der Waals surface area contributed by atoms with Gasteiger partial charge in [0, 0.05) is 12.1 Å². The number of nitrogens with two attached hydrogens (primary N) is 1. The molecular weight excluding hydrogens is 332 g/mol. The van der Waals surface area contributed by atoms with Crippen molar-refractivity contribution in [3.63, 3.8) is 0 Å². The third kappa shape index (κ3) is 3.68. The van der Waals surface area contributed by atoms with Crippen molar-refractivity contribution in [2.45, 2.75) is 19.4 Å². The van der Waals surface area contributed by atoms with Crippen LogP contribution in [0.25, 0.3) is 0 Å². The number of nitro benzene ring substituents is 1. The molecule has 0 spiro atoms. The molecule has 2 unspecified atom stereocenters. The molecule has 21 heavy (non-hydrogen) atoms. The van der Waals surface area contributed by atoms with Crippen molar-refractivity contribution in [3.8, 4) is 0 Å². The van der Waals surface area contributed by atoms with E-state index in [1.54, 1.807) is 6.07 Å². The first-order valence-corrected chi connectivity index (χ1v) is 7.52. The number of rotatable bonds is 5. The summed E-state index contributed by atoms with van der Waals surface area (Å²) in [6, 6.07) is 14.9. The van der Waals surface area contributed by atoms with Crippen molar-refractivity contribution in [1.82, 2.24) is 0 Å². The Kier molecular flexibility index (Phi) is 5.09. The van der Waals surface area contributed by atoms with Crippen LogP contribution in [-0.2, 0) is 6.42 Å². The maximum Gasteiger partial charge on any atom is 0.283 e. The maximum absolute atomic E-state index is 11.0. The van der Waals surface area contributed by atoms with Gasteiger partial charge in [-0.3, -0.25) is 10.1 Å². The minimum Gasteiger partial charge on any atom is -0.324 e. The van der Waals surface area contributed by atoms with E-state index in [2.05, 4.69) is 22.9 Å². The number of halogens is 1. The predicted octanol–water partition coefficient (Wildman–Crippen LogP) is 4.24. The van der Waals surface area contributed by atoms with Gasteiger partial charge in [0.05, 0.1) is 9.40 Å². The number of hydrogen-bond acceptors (Lipinski definition) is 3. The molecule has 5 heteroatoms. The molecule has 2 rings (SSSR count). The molecule has 0 aromatic heterocycles. The standard InChI is InChI=1S/C16H17BrN2O2/c1-11(16(18)12-6-3-2-4-7-12)10-13-8-5-9-14(15(13)17)19(20)21/h2-9,11,16H,10,18H2,1H3. The zero-order valence-electron chi connectivity index (χ0n) is 11.7. The van der Waals surface area contributed by atoms with Crippen molar-refractivity contribution in [2.24, 2.45) is 11.7 Å². The van der Waals surface area contributed by atoms with Crippen molar-refractivity contribution in [1.29, 1.82) is 0 Å². The maximum atomic E-state index is 11.0. The lowest BCUT2D eigenvalue weighted by atomic mass is 9.90. The lowest BCUT2D eigenvalue weighted by Gasteiger charge is -2.21. The fourth-order valence-corrected chi connectivity index (χ4v) is 2.91. The molecule has 0 aliphatic heterocycles. The fourth-order valence-electron chi connectivity index (χ4n) is 2.34. The van der Waals surface area contributed by atoms with E-state index in [1.807, 2.05) is 36.4 Å². The van der Waals surface area contributed by atoms with Crippen LogP contribution in [0.1, 0.15) is 24.1 Å². The molecule has 2 atom stereocenters. The molecule has 0 amide bonds. The zero-order chi connectivity index (χ0) is 15.4. The molecule has 0 aliphatic rings. The molecule has 2 aromatic rings. The van der Waals surface area contributed by atoms with Crippen molar-refractivity contribution in [3.05, 3.63) is 74.2 Å². The molecule has 0 saturated heterocycles. The third-order valence-corrected chi connectivity index (χ3v) is 4.51. The van der Waals surface area contributed by atoms with Crippen LogP contribution in [0.4, 0.5) is 5.69 Å². The van der Waals surface area contributed by atoms with Crippen LogP contribution in [-0.4, -0.2) is 4.92 Å². The molecule has 0 saturated carbocycles. The topological polar surface area (TPSA) is 69.2 Å². The van der Waals surface area contributed by atoms with Crippen molar-refractivity contribution in [2.75, 3.05) is 0 Å². The van der Waals surface area contributed by atoms with Gasteiger partial charge < -0.3 is 5.73 Å². The number of nitrogens with zero attached hydrogens (tertiary/aromatic N) is 1. The highest BCUT2D eigenvalue weighted by Crippen LogP contribution is 2.32. The van der Waals surface area contributed by atoms with Gasteiger partial charge in [-0.05, 0) is 39.4 Å². The van der Waals surface area contributed by atoms with Crippen LogP contribution < -0.4 is 5.73 Å². The van der Waals surface area contributed by atoms with E-state index >= 15 is 0 Å². The molecule has 0 fully saturated rings. The summed E-state index contributed by atoms with van der Waals surface area (Å²) in [5, 5.41) is 11.0. The first-order chi connectivity index (χ1) is 10.0. The average molecular weight is 349 g/mol. The Morgan fingerprint density at radius 3 is 2.48 bits per heavy atom. The van der Waals surface area contributed by atoms with Crippen LogP contribution >= 0.6 is 15.9 Å². The highest BCUT2D eigenvalue weighted by atomic mass is 79.9. The molecule has 0 bridgehead atoms. The van der Waals surface area contributed by atoms with Crippen molar-refractivity contribution >= 4 is 21.6 Å². The van der Waals surface area contributed by atoms with Gasteiger partial charge >= 0.3 is 0 Å². The second-order valence-corrected chi connectivity index (χ2v) is 5.92. The summed E-state index contributed by atoms with van der Waals surface area (Å²) in [6.07, 6.45) is 0.679. The summed E-state index contributed by atoms with van der Waals surface area (Å²) in [7, 11) is 0. The fraction of sp³-hybridized carbons (Fsp3) is 0.250. The molecule has 0 aliphatic carbocycles. The molecule has 110 valence electrons. The summed E-state index contributed by atoms with van der Waals surface area (Å²) < 4.78 is 0.544. The number of nitro groups is 1. The Morgan fingerprint density at radius 1 is 1.19 bits per heavy atom. The summed E-state index contributed by atoms with van der Waals surface area (Å²) in [5.41, 5.74) is 8.36. The first kappa shape index (κ1) is 15.7.